The fourth-order valence-electron chi connectivity index (χ4n) is 2.13. The maximum absolute atomic E-state index is 11.9. The van der Waals surface area contributed by atoms with Crippen LogP contribution in [0.15, 0.2) is 72.9 Å². The number of anilines is 1. The number of para-hydroxylation sites is 2. The molecule has 0 saturated heterocycles. The smallest absolute Gasteiger partial charge is 0.248 e. The average molecular weight is 274 g/mol. The van der Waals surface area contributed by atoms with Gasteiger partial charge in [0.05, 0.1) is 5.52 Å². The number of nitrogens with zero attached hydrogens (tertiary/aromatic N) is 1. The monoisotopic (exact) mass is 274 g/mol. The van der Waals surface area contributed by atoms with E-state index >= 15 is 0 Å². The van der Waals surface area contributed by atoms with Crippen LogP contribution in [-0.4, -0.2) is 10.9 Å². The van der Waals surface area contributed by atoms with E-state index in [1.807, 2.05) is 60.7 Å². The number of carbonyl (C=O) groups excluding carboxylic acids is 1. The molecule has 2 aromatic carbocycles. The van der Waals surface area contributed by atoms with Crippen LogP contribution >= 0.6 is 0 Å². The zero-order chi connectivity index (χ0) is 14.5. The molecule has 1 amide bonds. The van der Waals surface area contributed by atoms with Crippen molar-refractivity contribution in [3.63, 3.8) is 0 Å². The van der Waals surface area contributed by atoms with E-state index in [0.717, 1.165) is 22.2 Å². The topological polar surface area (TPSA) is 42.0 Å². The van der Waals surface area contributed by atoms with Gasteiger partial charge in [0.2, 0.25) is 5.91 Å². The number of fused-ring (bicyclic) bond motifs is 1. The van der Waals surface area contributed by atoms with Crippen molar-refractivity contribution in [3.8, 4) is 0 Å². The lowest BCUT2D eigenvalue weighted by Crippen LogP contribution is -2.07. The number of carbonyl (C=O) groups is 1. The minimum absolute atomic E-state index is 0.158. The first-order chi connectivity index (χ1) is 10.3. The molecular weight excluding hydrogens is 260 g/mol. The largest absolute Gasteiger partial charge is 0.323 e. The number of benzene rings is 2. The highest BCUT2D eigenvalue weighted by Crippen LogP contribution is 2.17. The summed E-state index contributed by atoms with van der Waals surface area (Å²) in [4.78, 5) is 16.3. The van der Waals surface area contributed by atoms with Gasteiger partial charge in [-0.2, -0.15) is 0 Å². The van der Waals surface area contributed by atoms with Gasteiger partial charge in [-0.3, -0.25) is 9.78 Å². The Balaban J connectivity index is 1.80. The summed E-state index contributed by atoms with van der Waals surface area (Å²) in [6, 6.07) is 19.2. The predicted molar refractivity (Wildman–Crippen MR) is 85.8 cm³/mol. The quantitative estimate of drug-likeness (QED) is 0.736. The van der Waals surface area contributed by atoms with Crippen LogP contribution in [0.2, 0.25) is 0 Å². The molecule has 102 valence electrons. The second-order valence-electron chi connectivity index (χ2n) is 4.61. The van der Waals surface area contributed by atoms with Crippen LogP contribution in [0.4, 0.5) is 5.69 Å². The van der Waals surface area contributed by atoms with Gasteiger partial charge in [0, 0.05) is 28.9 Å². The Labute approximate surface area is 123 Å². The van der Waals surface area contributed by atoms with Crippen LogP contribution in [-0.2, 0) is 4.79 Å². The van der Waals surface area contributed by atoms with Gasteiger partial charge in [0.25, 0.3) is 0 Å². The summed E-state index contributed by atoms with van der Waals surface area (Å²) in [6.45, 7) is 0. The van der Waals surface area contributed by atoms with Crippen molar-refractivity contribution < 1.29 is 4.79 Å². The van der Waals surface area contributed by atoms with Crippen molar-refractivity contribution in [2.75, 3.05) is 5.32 Å². The second kappa shape index (κ2) is 6.01. The SMILES string of the molecule is O=C(/C=C/c1cccc2cccnc12)Nc1ccccc1. The fraction of sp³-hybridized carbons (Fsp3) is 0. The number of rotatable bonds is 3. The first kappa shape index (κ1) is 13.1. The molecule has 1 aromatic heterocycles. The zero-order valence-electron chi connectivity index (χ0n) is 11.4. The molecule has 1 N–H and O–H groups in total. The van der Waals surface area contributed by atoms with Gasteiger partial charge in [0.1, 0.15) is 0 Å². The summed E-state index contributed by atoms with van der Waals surface area (Å²) in [5, 5.41) is 3.87. The Morgan fingerprint density at radius 2 is 1.76 bits per heavy atom. The van der Waals surface area contributed by atoms with E-state index in [9.17, 15) is 4.79 Å². The summed E-state index contributed by atoms with van der Waals surface area (Å²) in [5.74, 6) is -0.158. The minimum Gasteiger partial charge on any atom is -0.323 e. The van der Waals surface area contributed by atoms with E-state index in [0.29, 0.717) is 0 Å². The predicted octanol–water partition coefficient (Wildman–Crippen LogP) is 3.89. The number of hydrogen-bond donors (Lipinski definition) is 1. The van der Waals surface area contributed by atoms with Crippen molar-refractivity contribution >= 4 is 28.6 Å². The third-order valence-electron chi connectivity index (χ3n) is 3.12. The number of amides is 1. The Morgan fingerprint density at radius 3 is 2.62 bits per heavy atom. The molecule has 0 aliphatic carbocycles. The molecule has 0 radical (unpaired) electrons. The van der Waals surface area contributed by atoms with E-state index < -0.39 is 0 Å². The molecule has 0 atom stereocenters. The minimum atomic E-state index is -0.158. The van der Waals surface area contributed by atoms with Gasteiger partial charge in [-0.15, -0.1) is 0 Å². The summed E-state index contributed by atoms with van der Waals surface area (Å²) < 4.78 is 0. The Kier molecular flexibility index (Phi) is 3.74. The van der Waals surface area contributed by atoms with Crippen LogP contribution in [0.1, 0.15) is 5.56 Å². The van der Waals surface area contributed by atoms with Gasteiger partial charge < -0.3 is 5.32 Å². The Hall–Kier alpha value is -2.94. The first-order valence-corrected chi connectivity index (χ1v) is 6.71. The molecule has 0 spiro atoms. The molecule has 3 aromatic rings. The Morgan fingerprint density at radius 1 is 0.952 bits per heavy atom. The lowest BCUT2D eigenvalue weighted by molar-refractivity contribution is -0.111. The molecule has 0 unspecified atom stereocenters. The van der Waals surface area contributed by atoms with Gasteiger partial charge in [0.15, 0.2) is 0 Å². The first-order valence-electron chi connectivity index (χ1n) is 6.71. The Bertz CT molecular complexity index is 789. The molecule has 3 nitrogen and oxygen atoms in total. The highest BCUT2D eigenvalue weighted by atomic mass is 16.1. The van der Waals surface area contributed by atoms with Crippen molar-refractivity contribution in [1.82, 2.24) is 4.98 Å². The van der Waals surface area contributed by atoms with Crippen LogP contribution in [0.5, 0.6) is 0 Å². The molecule has 0 aliphatic heterocycles. The van der Waals surface area contributed by atoms with Gasteiger partial charge in [-0.05, 0) is 24.3 Å². The summed E-state index contributed by atoms with van der Waals surface area (Å²) in [7, 11) is 0. The van der Waals surface area contributed by atoms with Crippen LogP contribution in [0.25, 0.3) is 17.0 Å². The normalized spacial score (nSPS) is 10.9. The van der Waals surface area contributed by atoms with E-state index in [1.54, 1.807) is 12.3 Å². The molecule has 0 saturated carbocycles. The standard InChI is InChI=1S/C18H14N2O/c21-17(20-16-9-2-1-3-10-16)12-11-15-7-4-6-14-8-5-13-19-18(14)15/h1-13H,(H,20,21)/b12-11+. The maximum atomic E-state index is 11.9. The third kappa shape index (κ3) is 3.15. The van der Waals surface area contributed by atoms with E-state index in [2.05, 4.69) is 10.3 Å². The number of nitrogens with one attached hydrogen (secondary N) is 1. The summed E-state index contributed by atoms with van der Waals surface area (Å²) >= 11 is 0. The lowest BCUT2D eigenvalue weighted by atomic mass is 10.1. The number of pyridine rings is 1. The maximum Gasteiger partial charge on any atom is 0.248 e. The highest BCUT2D eigenvalue weighted by Gasteiger charge is 2.00. The van der Waals surface area contributed by atoms with Crippen molar-refractivity contribution in [1.29, 1.82) is 0 Å². The van der Waals surface area contributed by atoms with E-state index in [1.165, 1.54) is 6.08 Å². The van der Waals surface area contributed by atoms with Crippen LogP contribution < -0.4 is 5.32 Å². The molecule has 21 heavy (non-hydrogen) atoms. The van der Waals surface area contributed by atoms with E-state index in [-0.39, 0.29) is 5.91 Å². The molecule has 0 aliphatic rings. The van der Waals surface area contributed by atoms with Crippen molar-refractivity contribution in [3.05, 3.63) is 78.5 Å². The second-order valence-corrected chi connectivity index (χ2v) is 4.61. The molecule has 0 fully saturated rings. The molecule has 3 rings (SSSR count). The van der Waals surface area contributed by atoms with Gasteiger partial charge in [-0.25, -0.2) is 0 Å². The van der Waals surface area contributed by atoms with Crippen LogP contribution in [0, 0.1) is 0 Å². The third-order valence-corrected chi connectivity index (χ3v) is 3.12. The molecule has 0 bridgehead atoms. The number of hydrogen-bond acceptors (Lipinski definition) is 2. The number of aromatic nitrogens is 1. The molecule has 3 heteroatoms. The molecular formula is C18H14N2O. The lowest BCUT2D eigenvalue weighted by Gasteiger charge is -2.02. The highest BCUT2D eigenvalue weighted by molar-refractivity contribution is 6.03. The average Bonchev–Trinajstić information content (AvgIpc) is 2.54. The summed E-state index contributed by atoms with van der Waals surface area (Å²) in [6.07, 6.45) is 5.06. The van der Waals surface area contributed by atoms with E-state index in [4.69, 9.17) is 0 Å². The summed E-state index contributed by atoms with van der Waals surface area (Å²) in [5.41, 5.74) is 2.60. The van der Waals surface area contributed by atoms with Crippen molar-refractivity contribution in [2.24, 2.45) is 0 Å². The van der Waals surface area contributed by atoms with Gasteiger partial charge in [-0.1, -0.05) is 42.5 Å². The fourth-order valence-corrected chi connectivity index (χ4v) is 2.13. The van der Waals surface area contributed by atoms with Gasteiger partial charge >= 0.3 is 0 Å². The molecule has 1 heterocycles. The zero-order valence-corrected chi connectivity index (χ0v) is 11.4. The van der Waals surface area contributed by atoms with Crippen LogP contribution in [0.3, 0.4) is 0 Å². The van der Waals surface area contributed by atoms with Crippen molar-refractivity contribution in [2.45, 2.75) is 0 Å².